The normalized spacial score (nSPS) is 11.1. The highest BCUT2D eigenvalue weighted by molar-refractivity contribution is 6.06. The van der Waals surface area contributed by atoms with Crippen LogP contribution in [0.25, 0.3) is 43.8 Å². The molecular weight excluding hydrogens is 629 g/mol. The second kappa shape index (κ2) is 13.8. The van der Waals surface area contributed by atoms with E-state index in [0.717, 1.165) is 34.1 Å². The van der Waals surface area contributed by atoms with Gasteiger partial charge in [-0.1, -0.05) is 152 Å². The predicted molar refractivity (Wildman–Crippen MR) is 222 cm³/mol. The number of fused-ring (bicyclic) bond motifs is 2. The van der Waals surface area contributed by atoms with Crippen LogP contribution in [-0.4, -0.2) is 0 Å². The Morgan fingerprint density at radius 2 is 0.692 bits per heavy atom. The van der Waals surface area contributed by atoms with Crippen molar-refractivity contribution in [3.8, 4) is 22.3 Å². The molecule has 0 amide bonds. The summed E-state index contributed by atoms with van der Waals surface area (Å²) in [5.74, 6) is 0. The maximum Gasteiger partial charge on any atom is 0.0546 e. The fourth-order valence-corrected chi connectivity index (χ4v) is 7.31. The smallest absolute Gasteiger partial charge is 0.0546 e. The maximum atomic E-state index is 2.41. The van der Waals surface area contributed by atoms with Crippen LogP contribution >= 0.6 is 0 Å². The molecule has 0 spiro atoms. The Morgan fingerprint density at radius 1 is 0.250 bits per heavy atom. The highest BCUT2D eigenvalue weighted by Crippen LogP contribution is 2.46. The van der Waals surface area contributed by atoms with Crippen LogP contribution in [0.3, 0.4) is 0 Å². The molecule has 246 valence electrons. The fraction of sp³-hybridized carbons (Fsp3) is 0. The van der Waals surface area contributed by atoms with Gasteiger partial charge in [-0.05, 0) is 105 Å². The largest absolute Gasteiger partial charge is 0.311 e. The molecule has 0 aromatic heterocycles. The lowest BCUT2D eigenvalue weighted by Crippen LogP contribution is -2.13. The second-order valence-corrected chi connectivity index (χ2v) is 13.0. The Bertz CT molecular complexity index is 2600. The summed E-state index contributed by atoms with van der Waals surface area (Å²) in [6.45, 7) is 0. The van der Waals surface area contributed by atoms with Gasteiger partial charge in [0.15, 0.2) is 0 Å². The van der Waals surface area contributed by atoms with Gasteiger partial charge in [0.05, 0.1) is 5.69 Å². The number of para-hydroxylation sites is 1. The minimum Gasteiger partial charge on any atom is -0.311 e. The molecule has 0 unspecified atom stereocenters. The summed E-state index contributed by atoms with van der Waals surface area (Å²) in [6, 6.07) is 78.3. The molecule has 0 N–H and O–H groups in total. The average molecular weight is 665 g/mol. The van der Waals surface area contributed by atoms with Gasteiger partial charge in [0.25, 0.3) is 0 Å². The van der Waals surface area contributed by atoms with E-state index >= 15 is 0 Å². The topological polar surface area (TPSA) is 6.48 Å². The molecule has 52 heavy (non-hydrogen) atoms. The lowest BCUT2D eigenvalue weighted by Gasteiger charge is -2.30. The van der Waals surface area contributed by atoms with Crippen LogP contribution < -0.4 is 9.80 Å². The predicted octanol–water partition coefficient (Wildman–Crippen LogP) is 14.3. The molecule has 2 heteroatoms. The zero-order valence-corrected chi connectivity index (χ0v) is 28.7. The third-order valence-corrected chi connectivity index (χ3v) is 9.81. The van der Waals surface area contributed by atoms with E-state index in [4.69, 9.17) is 0 Å². The van der Waals surface area contributed by atoms with Crippen molar-refractivity contribution in [2.75, 3.05) is 9.80 Å². The lowest BCUT2D eigenvalue weighted by molar-refractivity contribution is 1.26. The molecule has 2 nitrogen and oxygen atoms in total. The average Bonchev–Trinajstić information content (AvgIpc) is 3.23. The summed E-state index contributed by atoms with van der Waals surface area (Å²) in [7, 11) is 0. The molecule has 0 fully saturated rings. The summed E-state index contributed by atoms with van der Waals surface area (Å²) in [6.07, 6.45) is 0. The van der Waals surface area contributed by atoms with Crippen LogP contribution in [0, 0.1) is 0 Å². The molecule has 0 aliphatic heterocycles. The first-order chi connectivity index (χ1) is 25.8. The first-order valence-corrected chi connectivity index (χ1v) is 17.8. The van der Waals surface area contributed by atoms with Crippen molar-refractivity contribution < 1.29 is 0 Å². The molecule has 0 heterocycles. The highest BCUT2D eigenvalue weighted by atomic mass is 15.2. The molecule has 9 aromatic rings. The Morgan fingerprint density at radius 3 is 1.37 bits per heavy atom. The van der Waals surface area contributed by atoms with E-state index in [1.807, 2.05) is 0 Å². The molecule has 0 saturated heterocycles. The fourth-order valence-electron chi connectivity index (χ4n) is 7.31. The lowest BCUT2D eigenvalue weighted by atomic mass is 9.95. The molecule has 9 aromatic carbocycles. The van der Waals surface area contributed by atoms with Gasteiger partial charge in [0.2, 0.25) is 0 Å². The highest BCUT2D eigenvalue weighted by Gasteiger charge is 2.21. The molecule has 0 atom stereocenters. The van der Waals surface area contributed by atoms with Gasteiger partial charge in [-0.15, -0.1) is 0 Å². The minimum atomic E-state index is 1.08. The molecule has 0 saturated carbocycles. The van der Waals surface area contributed by atoms with Crippen molar-refractivity contribution in [3.63, 3.8) is 0 Å². The Hall–Kier alpha value is -6.90. The Kier molecular flexibility index (Phi) is 8.24. The molecule has 0 aliphatic rings. The number of benzene rings is 9. The molecule has 0 radical (unpaired) electrons. The summed E-state index contributed by atoms with van der Waals surface area (Å²) >= 11 is 0. The Balaban J connectivity index is 1.20. The molecular formula is C50H36N2. The van der Waals surface area contributed by atoms with Crippen LogP contribution in [0.1, 0.15) is 0 Å². The monoisotopic (exact) mass is 664 g/mol. The van der Waals surface area contributed by atoms with E-state index in [1.54, 1.807) is 0 Å². The maximum absolute atomic E-state index is 2.41. The Labute approximate surface area is 305 Å². The van der Waals surface area contributed by atoms with Crippen molar-refractivity contribution in [1.29, 1.82) is 0 Å². The summed E-state index contributed by atoms with van der Waals surface area (Å²) in [5.41, 5.74) is 11.4. The van der Waals surface area contributed by atoms with Crippen molar-refractivity contribution in [2.45, 2.75) is 0 Å². The van der Waals surface area contributed by atoms with Crippen LogP contribution in [0.15, 0.2) is 218 Å². The van der Waals surface area contributed by atoms with Gasteiger partial charge in [0, 0.05) is 34.0 Å². The standard InChI is InChI=1S/C50H36N2/c1-4-14-37(15-5-1)39-24-28-44(29-25-39)51(43-21-8-3-9-22-43)45-31-33-46(34-32-45)52(47-30-26-38-16-10-11-20-42(38)36-47)49-35-27-40-17-12-13-23-48(40)50(49)41-18-6-2-7-19-41/h1-36H. The first kappa shape index (κ1) is 31.1. The van der Waals surface area contributed by atoms with E-state index in [2.05, 4.69) is 228 Å². The van der Waals surface area contributed by atoms with Crippen LogP contribution in [0.5, 0.6) is 0 Å². The second-order valence-electron chi connectivity index (χ2n) is 13.0. The van der Waals surface area contributed by atoms with E-state index in [9.17, 15) is 0 Å². The van der Waals surface area contributed by atoms with E-state index < -0.39 is 0 Å². The zero-order valence-electron chi connectivity index (χ0n) is 28.7. The van der Waals surface area contributed by atoms with Gasteiger partial charge in [0.1, 0.15) is 0 Å². The molecule has 0 aliphatic carbocycles. The van der Waals surface area contributed by atoms with Crippen molar-refractivity contribution in [1.82, 2.24) is 0 Å². The third-order valence-electron chi connectivity index (χ3n) is 9.81. The number of hydrogen-bond acceptors (Lipinski definition) is 2. The van der Waals surface area contributed by atoms with E-state index in [1.165, 1.54) is 43.8 Å². The van der Waals surface area contributed by atoms with Crippen molar-refractivity contribution >= 4 is 55.7 Å². The first-order valence-electron chi connectivity index (χ1n) is 17.8. The van der Waals surface area contributed by atoms with Crippen molar-refractivity contribution in [3.05, 3.63) is 218 Å². The number of nitrogens with zero attached hydrogens (tertiary/aromatic N) is 2. The van der Waals surface area contributed by atoms with Crippen LogP contribution in [0.2, 0.25) is 0 Å². The SMILES string of the molecule is c1ccc(-c2ccc(N(c3ccccc3)c3ccc(N(c4ccc5ccccc5c4)c4ccc5ccccc5c4-c4ccccc4)cc3)cc2)cc1. The van der Waals surface area contributed by atoms with Gasteiger partial charge in [-0.2, -0.15) is 0 Å². The summed E-state index contributed by atoms with van der Waals surface area (Å²) < 4.78 is 0. The van der Waals surface area contributed by atoms with Crippen LogP contribution in [0.4, 0.5) is 34.1 Å². The quantitative estimate of drug-likeness (QED) is 0.159. The third kappa shape index (κ3) is 5.97. The minimum absolute atomic E-state index is 1.08. The van der Waals surface area contributed by atoms with Gasteiger partial charge >= 0.3 is 0 Å². The number of rotatable bonds is 8. The van der Waals surface area contributed by atoms with Crippen LogP contribution in [-0.2, 0) is 0 Å². The van der Waals surface area contributed by atoms with E-state index in [0.29, 0.717) is 0 Å². The summed E-state index contributed by atoms with van der Waals surface area (Å²) in [5, 5.41) is 4.87. The van der Waals surface area contributed by atoms with Gasteiger partial charge in [-0.3, -0.25) is 0 Å². The number of hydrogen-bond donors (Lipinski definition) is 0. The van der Waals surface area contributed by atoms with Crippen molar-refractivity contribution in [2.24, 2.45) is 0 Å². The number of anilines is 6. The molecule has 0 bridgehead atoms. The van der Waals surface area contributed by atoms with E-state index in [-0.39, 0.29) is 0 Å². The van der Waals surface area contributed by atoms with Gasteiger partial charge < -0.3 is 9.80 Å². The van der Waals surface area contributed by atoms with Gasteiger partial charge in [-0.25, -0.2) is 0 Å². The molecule has 9 rings (SSSR count). The summed E-state index contributed by atoms with van der Waals surface area (Å²) in [4.78, 5) is 4.73. The zero-order chi connectivity index (χ0) is 34.7.